The number of rotatable bonds is 5. The van der Waals surface area contributed by atoms with Gasteiger partial charge in [0.1, 0.15) is 0 Å². The van der Waals surface area contributed by atoms with Crippen LogP contribution in [0, 0.1) is 0 Å². The normalized spacial score (nSPS) is 11.6. The van der Waals surface area contributed by atoms with Crippen molar-refractivity contribution in [1.29, 1.82) is 0 Å². The molecule has 0 aliphatic rings. The predicted molar refractivity (Wildman–Crippen MR) is 207 cm³/mol. The largest absolute Gasteiger partial charge is 0.316 e. The Morgan fingerprint density at radius 1 is 0.380 bits per heavy atom. The number of hydrogen-bond acceptors (Lipinski definition) is 2. The van der Waals surface area contributed by atoms with Crippen molar-refractivity contribution in [2.75, 3.05) is 0 Å². The molecule has 3 aromatic heterocycles. The van der Waals surface area contributed by atoms with E-state index in [2.05, 4.69) is 179 Å². The van der Waals surface area contributed by atoms with Gasteiger partial charge in [-0.3, -0.25) is 0 Å². The highest BCUT2D eigenvalue weighted by Crippen LogP contribution is 2.41. The van der Waals surface area contributed by atoms with Gasteiger partial charge in [-0.15, -0.1) is 0 Å². The quantitative estimate of drug-likeness (QED) is 0.188. The van der Waals surface area contributed by atoms with Gasteiger partial charge in [-0.1, -0.05) is 121 Å². The van der Waals surface area contributed by atoms with Gasteiger partial charge in [-0.25, -0.2) is 9.97 Å². The van der Waals surface area contributed by atoms with E-state index < -0.39 is 0 Å². The molecule has 234 valence electrons. The lowest BCUT2D eigenvalue weighted by Gasteiger charge is -2.13. The summed E-state index contributed by atoms with van der Waals surface area (Å²) < 4.78 is 4.73. The van der Waals surface area contributed by atoms with Gasteiger partial charge in [0, 0.05) is 55.8 Å². The topological polar surface area (TPSA) is 35.6 Å². The molecule has 10 aromatic rings. The SMILES string of the molecule is c1ccc(-c2cc(-c3ccccc3)nc(-c3ccc(-n4c5c6ccccc6ccc5c5ccc6c(ccn6-c6ccccc6)c54)cc3)n2)cc1. The van der Waals surface area contributed by atoms with Crippen molar-refractivity contribution in [1.82, 2.24) is 19.1 Å². The van der Waals surface area contributed by atoms with Gasteiger partial charge in [-0.2, -0.15) is 0 Å². The molecule has 0 aliphatic heterocycles. The third-order valence-corrected chi connectivity index (χ3v) is 9.77. The molecule has 0 aliphatic carbocycles. The second-order valence-electron chi connectivity index (χ2n) is 12.7. The molecule has 0 radical (unpaired) electrons. The molecule has 4 nitrogen and oxygen atoms in total. The minimum Gasteiger partial charge on any atom is -0.316 e. The van der Waals surface area contributed by atoms with Crippen LogP contribution < -0.4 is 0 Å². The molecule has 0 saturated carbocycles. The monoisotopic (exact) mass is 638 g/mol. The Labute approximate surface area is 289 Å². The minimum atomic E-state index is 0.701. The number of aromatic nitrogens is 4. The first-order valence-corrected chi connectivity index (χ1v) is 16.9. The van der Waals surface area contributed by atoms with E-state index >= 15 is 0 Å². The summed E-state index contributed by atoms with van der Waals surface area (Å²) in [5.74, 6) is 0.701. The van der Waals surface area contributed by atoms with Gasteiger partial charge in [-0.05, 0) is 60.0 Å². The van der Waals surface area contributed by atoms with Crippen LogP contribution in [0.3, 0.4) is 0 Å². The Kier molecular flexibility index (Phi) is 6.46. The summed E-state index contributed by atoms with van der Waals surface area (Å²) in [6.45, 7) is 0. The average Bonchev–Trinajstić information content (AvgIpc) is 3.79. The van der Waals surface area contributed by atoms with E-state index in [1.807, 2.05) is 12.1 Å². The summed E-state index contributed by atoms with van der Waals surface area (Å²) >= 11 is 0. The summed E-state index contributed by atoms with van der Waals surface area (Å²) in [6, 6.07) is 62.0. The molecule has 0 spiro atoms. The van der Waals surface area contributed by atoms with Crippen LogP contribution in [0.2, 0.25) is 0 Å². The fourth-order valence-electron chi connectivity index (χ4n) is 7.41. The van der Waals surface area contributed by atoms with Gasteiger partial charge in [0.05, 0.1) is 27.9 Å². The summed E-state index contributed by atoms with van der Waals surface area (Å²) in [5.41, 5.74) is 10.7. The molecule has 4 heteroatoms. The number of nitrogens with zero attached hydrogens (tertiary/aromatic N) is 4. The highest BCUT2D eigenvalue weighted by molar-refractivity contribution is 6.23. The lowest BCUT2D eigenvalue weighted by atomic mass is 10.1. The van der Waals surface area contributed by atoms with E-state index in [9.17, 15) is 0 Å². The first-order valence-electron chi connectivity index (χ1n) is 16.9. The second-order valence-corrected chi connectivity index (χ2v) is 12.7. The van der Waals surface area contributed by atoms with Crippen molar-refractivity contribution in [3.8, 4) is 45.3 Å². The molecule has 7 aromatic carbocycles. The van der Waals surface area contributed by atoms with E-state index in [1.54, 1.807) is 0 Å². The van der Waals surface area contributed by atoms with Crippen molar-refractivity contribution >= 4 is 43.5 Å². The molecule has 0 fully saturated rings. The molecular weight excluding hydrogens is 609 g/mol. The zero-order valence-corrected chi connectivity index (χ0v) is 27.1. The minimum absolute atomic E-state index is 0.701. The number of para-hydroxylation sites is 1. The maximum absolute atomic E-state index is 5.08. The summed E-state index contributed by atoms with van der Waals surface area (Å²) in [4.78, 5) is 10.2. The molecule has 3 heterocycles. The summed E-state index contributed by atoms with van der Waals surface area (Å²) in [7, 11) is 0. The van der Waals surface area contributed by atoms with Gasteiger partial charge in [0.15, 0.2) is 5.82 Å². The molecule has 0 bridgehead atoms. The summed E-state index contributed by atoms with van der Waals surface area (Å²) in [5, 5.41) is 6.14. The van der Waals surface area contributed by atoms with Crippen molar-refractivity contribution < 1.29 is 0 Å². The van der Waals surface area contributed by atoms with Crippen molar-refractivity contribution in [3.63, 3.8) is 0 Å². The first kappa shape index (κ1) is 28.3. The van der Waals surface area contributed by atoms with Gasteiger partial charge in [0.25, 0.3) is 0 Å². The maximum Gasteiger partial charge on any atom is 0.160 e. The van der Waals surface area contributed by atoms with Crippen LogP contribution in [0.15, 0.2) is 182 Å². The van der Waals surface area contributed by atoms with Gasteiger partial charge < -0.3 is 9.13 Å². The molecule has 0 saturated heterocycles. The Morgan fingerprint density at radius 2 is 0.960 bits per heavy atom. The third-order valence-electron chi connectivity index (χ3n) is 9.77. The molecular formula is C46H30N4. The van der Waals surface area contributed by atoms with Crippen molar-refractivity contribution in [2.45, 2.75) is 0 Å². The number of fused-ring (bicyclic) bond motifs is 7. The molecule has 10 rings (SSSR count). The Hall–Kier alpha value is -6.78. The standard InChI is InChI=1S/C46H30N4/c1-4-13-32(14-5-1)41-30-42(33-15-6-2-7-16-33)48-46(47-41)34-20-23-36(24-21-34)50-44-37-19-11-10-12-31(37)22-25-38(44)39-26-27-43-40(45(39)50)28-29-49(43)35-17-8-3-9-18-35/h1-30H. The van der Waals surface area contributed by atoms with Crippen LogP contribution >= 0.6 is 0 Å². The van der Waals surface area contributed by atoms with E-state index in [-0.39, 0.29) is 0 Å². The van der Waals surface area contributed by atoms with E-state index in [0.717, 1.165) is 39.5 Å². The van der Waals surface area contributed by atoms with Crippen LogP contribution in [0.25, 0.3) is 88.8 Å². The van der Waals surface area contributed by atoms with E-state index in [4.69, 9.17) is 9.97 Å². The first-order chi connectivity index (χ1) is 24.8. The van der Waals surface area contributed by atoms with Crippen LogP contribution in [-0.4, -0.2) is 19.1 Å². The zero-order valence-electron chi connectivity index (χ0n) is 27.1. The number of hydrogen-bond donors (Lipinski definition) is 0. The fraction of sp³-hybridized carbons (Fsp3) is 0. The van der Waals surface area contributed by atoms with Crippen LogP contribution in [0.5, 0.6) is 0 Å². The highest BCUT2D eigenvalue weighted by atomic mass is 15.0. The van der Waals surface area contributed by atoms with E-state index in [0.29, 0.717) is 5.82 Å². The fourth-order valence-corrected chi connectivity index (χ4v) is 7.41. The molecule has 0 N–H and O–H groups in total. The third kappa shape index (κ3) is 4.54. The van der Waals surface area contributed by atoms with Gasteiger partial charge >= 0.3 is 0 Å². The lowest BCUT2D eigenvalue weighted by Crippen LogP contribution is -1.98. The highest BCUT2D eigenvalue weighted by Gasteiger charge is 2.19. The van der Waals surface area contributed by atoms with Crippen LogP contribution in [0.1, 0.15) is 0 Å². The molecule has 50 heavy (non-hydrogen) atoms. The average molecular weight is 639 g/mol. The molecule has 0 atom stereocenters. The van der Waals surface area contributed by atoms with Gasteiger partial charge in [0.2, 0.25) is 0 Å². The predicted octanol–water partition coefficient (Wildman–Crippen LogP) is 11.7. The molecule has 0 unspecified atom stereocenters. The van der Waals surface area contributed by atoms with Crippen molar-refractivity contribution in [3.05, 3.63) is 182 Å². The van der Waals surface area contributed by atoms with Crippen LogP contribution in [-0.2, 0) is 0 Å². The maximum atomic E-state index is 5.08. The Morgan fingerprint density at radius 3 is 1.64 bits per heavy atom. The smallest absolute Gasteiger partial charge is 0.160 e. The summed E-state index contributed by atoms with van der Waals surface area (Å²) in [6.07, 6.45) is 2.18. The Bertz CT molecular complexity index is 2770. The lowest BCUT2D eigenvalue weighted by molar-refractivity contribution is 1.13. The Balaban J connectivity index is 1.19. The van der Waals surface area contributed by atoms with E-state index in [1.165, 1.54) is 43.5 Å². The number of benzene rings is 7. The molecule has 0 amide bonds. The van der Waals surface area contributed by atoms with Crippen LogP contribution in [0.4, 0.5) is 0 Å². The van der Waals surface area contributed by atoms with Crippen molar-refractivity contribution in [2.24, 2.45) is 0 Å². The zero-order chi connectivity index (χ0) is 33.0. The second kappa shape index (κ2) is 11.4.